The molecule has 1 amide bonds. The van der Waals surface area contributed by atoms with Crippen LogP contribution in [0.5, 0.6) is 0 Å². The van der Waals surface area contributed by atoms with E-state index in [1.807, 2.05) is 37.3 Å². The van der Waals surface area contributed by atoms with Crippen LogP contribution in [0.3, 0.4) is 0 Å². The van der Waals surface area contributed by atoms with Crippen LogP contribution in [0.2, 0.25) is 0 Å². The number of amides is 1. The summed E-state index contributed by atoms with van der Waals surface area (Å²) in [6.07, 6.45) is 6.30. The molecule has 1 aromatic rings. The van der Waals surface area contributed by atoms with E-state index in [-0.39, 0.29) is 11.9 Å². The Morgan fingerprint density at radius 1 is 1.25 bits per heavy atom. The van der Waals surface area contributed by atoms with Crippen LogP contribution < -0.4 is 10.6 Å². The molecule has 0 aliphatic heterocycles. The van der Waals surface area contributed by atoms with Gasteiger partial charge < -0.3 is 10.6 Å². The van der Waals surface area contributed by atoms with Crippen molar-refractivity contribution in [2.45, 2.75) is 58.0 Å². The molecule has 3 heteroatoms. The topological polar surface area (TPSA) is 41.1 Å². The van der Waals surface area contributed by atoms with Crippen LogP contribution in [0.1, 0.15) is 46.0 Å². The Kier molecular flexibility index (Phi) is 5.60. The molecule has 0 aromatic heterocycles. The van der Waals surface area contributed by atoms with E-state index < -0.39 is 0 Å². The van der Waals surface area contributed by atoms with Gasteiger partial charge >= 0.3 is 0 Å². The van der Waals surface area contributed by atoms with E-state index in [9.17, 15) is 4.79 Å². The standard InChI is InChI=1S/C17H26N2O/c1-3-14-9-7-8-12-16(14)18-13(2)17(20)19-15-10-5-4-6-11-15/h4-6,10-11,13-14,16,18H,3,7-9,12H2,1-2H3,(H,19,20). The molecule has 0 saturated heterocycles. The summed E-state index contributed by atoms with van der Waals surface area (Å²) in [5.41, 5.74) is 0.863. The van der Waals surface area contributed by atoms with E-state index in [1.54, 1.807) is 0 Å². The van der Waals surface area contributed by atoms with Crippen molar-refractivity contribution in [2.75, 3.05) is 5.32 Å². The van der Waals surface area contributed by atoms with Gasteiger partial charge in [-0.15, -0.1) is 0 Å². The number of hydrogen-bond donors (Lipinski definition) is 2. The van der Waals surface area contributed by atoms with Crippen LogP contribution in [0.15, 0.2) is 30.3 Å². The Labute approximate surface area is 122 Å². The maximum Gasteiger partial charge on any atom is 0.241 e. The van der Waals surface area contributed by atoms with Gasteiger partial charge in [-0.1, -0.05) is 44.4 Å². The third kappa shape index (κ3) is 4.07. The third-order valence-corrected chi connectivity index (χ3v) is 4.33. The molecule has 1 aliphatic rings. The first-order valence-electron chi connectivity index (χ1n) is 7.82. The van der Waals surface area contributed by atoms with E-state index >= 15 is 0 Å². The summed E-state index contributed by atoms with van der Waals surface area (Å²) in [7, 11) is 0. The number of carbonyl (C=O) groups excluding carboxylic acids is 1. The van der Waals surface area contributed by atoms with Gasteiger partial charge in [0.25, 0.3) is 0 Å². The Hall–Kier alpha value is -1.35. The molecule has 1 saturated carbocycles. The fourth-order valence-corrected chi connectivity index (χ4v) is 3.08. The molecule has 0 bridgehead atoms. The average Bonchev–Trinajstić information content (AvgIpc) is 2.48. The van der Waals surface area contributed by atoms with Crippen LogP contribution in [0.4, 0.5) is 5.69 Å². The first kappa shape index (κ1) is 15.0. The number of carbonyl (C=O) groups is 1. The van der Waals surface area contributed by atoms with Gasteiger partial charge in [0.1, 0.15) is 0 Å². The first-order valence-corrected chi connectivity index (χ1v) is 7.82. The predicted molar refractivity (Wildman–Crippen MR) is 83.7 cm³/mol. The number of benzene rings is 1. The van der Waals surface area contributed by atoms with Gasteiger partial charge in [0.2, 0.25) is 5.91 Å². The van der Waals surface area contributed by atoms with E-state index in [1.165, 1.54) is 32.1 Å². The molecular weight excluding hydrogens is 248 g/mol. The highest BCUT2D eigenvalue weighted by atomic mass is 16.2. The van der Waals surface area contributed by atoms with Crippen molar-refractivity contribution >= 4 is 11.6 Å². The van der Waals surface area contributed by atoms with Crippen LogP contribution in [-0.4, -0.2) is 18.0 Å². The largest absolute Gasteiger partial charge is 0.325 e. The Morgan fingerprint density at radius 2 is 1.95 bits per heavy atom. The number of anilines is 1. The number of para-hydroxylation sites is 1. The maximum absolute atomic E-state index is 12.2. The van der Waals surface area contributed by atoms with Crippen molar-refractivity contribution in [1.29, 1.82) is 0 Å². The van der Waals surface area contributed by atoms with Crippen molar-refractivity contribution in [3.05, 3.63) is 30.3 Å². The van der Waals surface area contributed by atoms with E-state index in [2.05, 4.69) is 17.6 Å². The highest BCUT2D eigenvalue weighted by molar-refractivity contribution is 5.94. The fourth-order valence-electron chi connectivity index (χ4n) is 3.08. The zero-order valence-corrected chi connectivity index (χ0v) is 12.6. The molecule has 110 valence electrons. The molecule has 0 heterocycles. The van der Waals surface area contributed by atoms with Gasteiger partial charge in [-0.2, -0.15) is 0 Å². The Balaban J connectivity index is 1.87. The molecular formula is C17H26N2O. The fraction of sp³-hybridized carbons (Fsp3) is 0.588. The van der Waals surface area contributed by atoms with Gasteiger partial charge in [-0.3, -0.25) is 4.79 Å². The third-order valence-electron chi connectivity index (χ3n) is 4.33. The predicted octanol–water partition coefficient (Wildman–Crippen LogP) is 3.57. The van der Waals surface area contributed by atoms with Gasteiger partial charge in [-0.05, 0) is 37.8 Å². The minimum absolute atomic E-state index is 0.0524. The van der Waals surface area contributed by atoms with E-state index in [0.29, 0.717) is 6.04 Å². The summed E-state index contributed by atoms with van der Waals surface area (Å²) < 4.78 is 0. The van der Waals surface area contributed by atoms with E-state index in [0.717, 1.165) is 11.6 Å². The molecule has 0 spiro atoms. The Morgan fingerprint density at radius 3 is 2.65 bits per heavy atom. The second kappa shape index (κ2) is 7.44. The van der Waals surface area contributed by atoms with Crippen molar-refractivity contribution in [3.63, 3.8) is 0 Å². The molecule has 1 aromatic carbocycles. The zero-order chi connectivity index (χ0) is 14.4. The second-order valence-corrected chi connectivity index (χ2v) is 5.80. The lowest BCUT2D eigenvalue weighted by atomic mass is 9.82. The molecule has 2 rings (SSSR count). The normalized spacial score (nSPS) is 24.1. The SMILES string of the molecule is CCC1CCCCC1NC(C)C(=O)Nc1ccccc1. The summed E-state index contributed by atoms with van der Waals surface area (Å²) in [4.78, 5) is 12.2. The number of nitrogens with one attached hydrogen (secondary N) is 2. The molecule has 3 nitrogen and oxygen atoms in total. The van der Waals surface area contributed by atoms with Crippen LogP contribution in [0.25, 0.3) is 0 Å². The molecule has 3 unspecified atom stereocenters. The van der Waals surface area contributed by atoms with Crippen LogP contribution in [-0.2, 0) is 4.79 Å². The lowest BCUT2D eigenvalue weighted by Crippen LogP contribution is -2.48. The Bertz CT molecular complexity index is 418. The second-order valence-electron chi connectivity index (χ2n) is 5.80. The molecule has 20 heavy (non-hydrogen) atoms. The van der Waals surface area contributed by atoms with Gasteiger partial charge in [0.15, 0.2) is 0 Å². The van der Waals surface area contributed by atoms with Gasteiger partial charge in [-0.25, -0.2) is 0 Å². The highest BCUT2D eigenvalue weighted by Crippen LogP contribution is 2.27. The summed E-state index contributed by atoms with van der Waals surface area (Å²) in [6.45, 7) is 4.21. The van der Waals surface area contributed by atoms with Crippen molar-refractivity contribution in [3.8, 4) is 0 Å². The lowest BCUT2D eigenvalue weighted by Gasteiger charge is -2.33. The van der Waals surface area contributed by atoms with Gasteiger partial charge in [0, 0.05) is 11.7 Å². The quantitative estimate of drug-likeness (QED) is 0.861. The first-order chi connectivity index (χ1) is 9.70. The van der Waals surface area contributed by atoms with Crippen molar-refractivity contribution in [2.24, 2.45) is 5.92 Å². The summed E-state index contributed by atoms with van der Waals surface area (Å²) in [5, 5.41) is 6.49. The van der Waals surface area contributed by atoms with Gasteiger partial charge in [0.05, 0.1) is 6.04 Å². The zero-order valence-electron chi connectivity index (χ0n) is 12.6. The monoisotopic (exact) mass is 274 g/mol. The average molecular weight is 274 g/mol. The van der Waals surface area contributed by atoms with Crippen molar-refractivity contribution < 1.29 is 4.79 Å². The number of hydrogen-bond acceptors (Lipinski definition) is 2. The lowest BCUT2D eigenvalue weighted by molar-refractivity contribution is -0.118. The summed E-state index contributed by atoms with van der Waals surface area (Å²) in [5.74, 6) is 0.771. The molecule has 0 radical (unpaired) electrons. The number of rotatable bonds is 5. The smallest absolute Gasteiger partial charge is 0.241 e. The highest BCUT2D eigenvalue weighted by Gasteiger charge is 2.26. The molecule has 1 aliphatic carbocycles. The maximum atomic E-state index is 12.2. The summed E-state index contributed by atoms with van der Waals surface area (Å²) >= 11 is 0. The van der Waals surface area contributed by atoms with Crippen molar-refractivity contribution in [1.82, 2.24) is 5.32 Å². The minimum atomic E-state index is -0.146. The van der Waals surface area contributed by atoms with E-state index in [4.69, 9.17) is 0 Å². The summed E-state index contributed by atoms with van der Waals surface area (Å²) in [6, 6.07) is 9.99. The molecule has 1 fully saturated rings. The van der Waals surface area contributed by atoms with Crippen LogP contribution in [0, 0.1) is 5.92 Å². The minimum Gasteiger partial charge on any atom is -0.325 e. The van der Waals surface area contributed by atoms with Crippen LogP contribution >= 0.6 is 0 Å². The molecule has 3 atom stereocenters. The molecule has 2 N–H and O–H groups in total.